The molecule has 0 aliphatic carbocycles. The summed E-state index contributed by atoms with van der Waals surface area (Å²) in [5.74, 6) is -2.13. The minimum atomic E-state index is -1.21. The van der Waals surface area contributed by atoms with Crippen LogP contribution in [0.2, 0.25) is 0 Å². The summed E-state index contributed by atoms with van der Waals surface area (Å²) in [6.45, 7) is -0.574. The van der Waals surface area contributed by atoms with Crippen molar-refractivity contribution in [2.24, 2.45) is 0 Å². The lowest BCUT2D eigenvalue weighted by Crippen LogP contribution is -2.48. The van der Waals surface area contributed by atoms with E-state index in [1.807, 2.05) is 21.6 Å². The Bertz CT molecular complexity index is 483. The smallest absolute Gasteiger partial charge is 0.322 e. The van der Waals surface area contributed by atoms with Gasteiger partial charge in [0.1, 0.15) is 12.6 Å². The molecule has 0 aromatic rings. The van der Waals surface area contributed by atoms with Crippen molar-refractivity contribution in [2.45, 2.75) is 56.2 Å². The number of rotatable bonds is 12. The third-order valence-corrected chi connectivity index (χ3v) is 6.63. The first kappa shape index (κ1) is 21.6. The van der Waals surface area contributed by atoms with Gasteiger partial charge in [-0.3, -0.25) is 19.2 Å². The van der Waals surface area contributed by atoms with Crippen molar-refractivity contribution < 1.29 is 29.4 Å². The zero-order valence-electron chi connectivity index (χ0n) is 13.9. The van der Waals surface area contributed by atoms with Crippen molar-refractivity contribution in [3.63, 3.8) is 0 Å². The Morgan fingerprint density at radius 3 is 2.44 bits per heavy atom. The molecule has 0 bridgehead atoms. The Morgan fingerprint density at radius 1 is 1.08 bits per heavy atom. The number of nitrogens with one attached hydrogen (secondary N) is 2. The maximum atomic E-state index is 12.0. The number of carbonyl (C=O) groups excluding carboxylic acids is 2. The van der Waals surface area contributed by atoms with Gasteiger partial charge in [-0.15, -0.1) is 0 Å². The summed E-state index contributed by atoms with van der Waals surface area (Å²) in [5.41, 5.74) is 0. The van der Waals surface area contributed by atoms with Gasteiger partial charge in [-0.25, -0.2) is 0 Å². The maximum Gasteiger partial charge on any atom is 0.322 e. The number of hydrogen-bond donors (Lipinski definition) is 4. The molecule has 0 aromatic heterocycles. The molecule has 1 heterocycles. The molecule has 10 heteroatoms. The van der Waals surface area contributed by atoms with Gasteiger partial charge in [0.2, 0.25) is 11.8 Å². The topological polar surface area (TPSA) is 133 Å². The zero-order valence-corrected chi connectivity index (χ0v) is 15.5. The number of aliphatic carboxylic acids is 2. The van der Waals surface area contributed by atoms with Crippen molar-refractivity contribution in [3.8, 4) is 0 Å². The molecule has 2 atom stereocenters. The molecule has 25 heavy (non-hydrogen) atoms. The predicted molar refractivity (Wildman–Crippen MR) is 96.4 cm³/mol. The predicted octanol–water partition coefficient (Wildman–Crippen LogP) is 1.25. The second-order valence-corrected chi connectivity index (χ2v) is 8.53. The summed E-state index contributed by atoms with van der Waals surface area (Å²) in [6.07, 6.45) is 3.78. The normalized spacial score (nSPS) is 17.7. The first-order valence-electron chi connectivity index (χ1n) is 8.17. The van der Waals surface area contributed by atoms with E-state index in [4.69, 9.17) is 10.2 Å². The SMILES string of the molecule is O=C(O)CCC(NC(=O)CCCCC1CCSS1)C(=O)NCC(=O)O. The standard InChI is InChI=1S/C15H24N2O6S2/c18-12(4-2-1-3-10-7-8-24-25-10)17-11(5-6-13(19)20)15(23)16-9-14(21)22/h10-11H,1-9H2,(H,16,23)(H,17,18)(H,19,20)(H,21,22). The minimum absolute atomic E-state index is 0.0809. The molecular weight excluding hydrogens is 368 g/mol. The molecule has 0 aromatic carbocycles. The number of amides is 2. The monoisotopic (exact) mass is 392 g/mol. The maximum absolute atomic E-state index is 12.0. The van der Waals surface area contributed by atoms with E-state index >= 15 is 0 Å². The van der Waals surface area contributed by atoms with Crippen LogP contribution in [0.3, 0.4) is 0 Å². The van der Waals surface area contributed by atoms with Gasteiger partial charge in [0, 0.05) is 23.8 Å². The van der Waals surface area contributed by atoms with Gasteiger partial charge >= 0.3 is 11.9 Å². The van der Waals surface area contributed by atoms with E-state index in [0.717, 1.165) is 12.8 Å². The highest BCUT2D eigenvalue weighted by molar-refractivity contribution is 8.77. The summed E-state index contributed by atoms with van der Waals surface area (Å²) in [5, 5.41) is 22.6. The van der Waals surface area contributed by atoms with E-state index in [9.17, 15) is 19.2 Å². The van der Waals surface area contributed by atoms with Gasteiger partial charge in [0.05, 0.1) is 0 Å². The molecule has 2 unspecified atom stereocenters. The van der Waals surface area contributed by atoms with E-state index in [-0.39, 0.29) is 25.2 Å². The number of hydrogen-bond acceptors (Lipinski definition) is 6. The number of carbonyl (C=O) groups is 4. The molecule has 1 aliphatic heterocycles. The number of unbranched alkanes of at least 4 members (excludes halogenated alkanes) is 1. The Hall–Kier alpha value is -1.42. The highest BCUT2D eigenvalue weighted by Gasteiger charge is 2.22. The summed E-state index contributed by atoms with van der Waals surface area (Å²) < 4.78 is 0. The van der Waals surface area contributed by atoms with Gasteiger partial charge < -0.3 is 20.8 Å². The van der Waals surface area contributed by atoms with Crippen LogP contribution in [0.25, 0.3) is 0 Å². The Kier molecular flexibility index (Phi) is 10.4. The first-order chi connectivity index (χ1) is 11.9. The average molecular weight is 392 g/mol. The summed E-state index contributed by atoms with van der Waals surface area (Å²) in [4.78, 5) is 45.1. The van der Waals surface area contributed by atoms with Crippen LogP contribution in [0.1, 0.15) is 44.9 Å². The van der Waals surface area contributed by atoms with Crippen molar-refractivity contribution in [1.82, 2.24) is 10.6 Å². The minimum Gasteiger partial charge on any atom is -0.481 e. The van der Waals surface area contributed by atoms with Crippen molar-refractivity contribution in [1.29, 1.82) is 0 Å². The lowest BCUT2D eigenvalue weighted by Gasteiger charge is -2.17. The molecule has 1 saturated heterocycles. The van der Waals surface area contributed by atoms with Gasteiger partial charge in [-0.2, -0.15) is 0 Å². The fraction of sp³-hybridized carbons (Fsp3) is 0.733. The van der Waals surface area contributed by atoms with Crippen LogP contribution in [0.4, 0.5) is 0 Å². The Morgan fingerprint density at radius 2 is 1.84 bits per heavy atom. The first-order valence-corrected chi connectivity index (χ1v) is 10.6. The van der Waals surface area contributed by atoms with Crippen LogP contribution >= 0.6 is 21.6 Å². The molecule has 4 N–H and O–H groups in total. The lowest BCUT2D eigenvalue weighted by atomic mass is 10.1. The molecule has 1 aliphatic rings. The number of carboxylic acid groups (broad SMARTS) is 2. The summed E-state index contributed by atoms with van der Waals surface area (Å²) in [6, 6.07) is -1.04. The van der Waals surface area contributed by atoms with Crippen molar-refractivity contribution in [2.75, 3.05) is 12.3 Å². The van der Waals surface area contributed by atoms with E-state index < -0.39 is 30.4 Å². The van der Waals surface area contributed by atoms with Gasteiger partial charge in [0.15, 0.2) is 0 Å². The molecule has 2 amide bonds. The van der Waals surface area contributed by atoms with E-state index in [1.165, 1.54) is 12.2 Å². The van der Waals surface area contributed by atoms with E-state index in [2.05, 4.69) is 10.6 Å². The van der Waals surface area contributed by atoms with Crippen LogP contribution in [0, 0.1) is 0 Å². The molecule has 1 fully saturated rings. The van der Waals surface area contributed by atoms with Crippen LogP contribution in [-0.4, -0.2) is 57.6 Å². The highest BCUT2D eigenvalue weighted by atomic mass is 33.1. The summed E-state index contributed by atoms with van der Waals surface area (Å²) >= 11 is 0. The fourth-order valence-corrected chi connectivity index (χ4v) is 5.34. The largest absolute Gasteiger partial charge is 0.481 e. The molecule has 8 nitrogen and oxygen atoms in total. The lowest BCUT2D eigenvalue weighted by molar-refractivity contribution is -0.140. The molecule has 0 spiro atoms. The number of carboxylic acids is 2. The summed E-state index contributed by atoms with van der Waals surface area (Å²) in [7, 11) is 3.77. The zero-order chi connectivity index (χ0) is 18.7. The second kappa shape index (κ2) is 12.0. The fourth-order valence-electron chi connectivity index (χ4n) is 2.31. The molecule has 142 valence electrons. The van der Waals surface area contributed by atoms with Crippen molar-refractivity contribution in [3.05, 3.63) is 0 Å². The molecule has 0 saturated carbocycles. The Labute approximate surface area is 154 Å². The van der Waals surface area contributed by atoms with Crippen LogP contribution < -0.4 is 10.6 Å². The Balaban J connectivity index is 2.34. The molecular formula is C15H24N2O6S2. The van der Waals surface area contributed by atoms with Gasteiger partial charge in [-0.05, 0) is 25.7 Å². The van der Waals surface area contributed by atoms with Gasteiger partial charge in [-0.1, -0.05) is 28.0 Å². The third kappa shape index (κ3) is 10.2. The second-order valence-electron chi connectivity index (χ2n) is 5.74. The van der Waals surface area contributed by atoms with E-state index in [1.54, 1.807) is 0 Å². The van der Waals surface area contributed by atoms with Gasteiger partial charge in [0.25, 0.3) is 0 Å². The third-order valence-electron chi connectivity index (χ3n) is 3.62. The molecule has 1 rings (SSSR count). The quantitative estimate of drug-likeness (QED) is 0.288. The van der Waals surface area contributed by atoms with Crippen LogP contribution in [-0.2, 0) is 19.2 Å². The van der Waals surface area contributed by atoms with Crippen LogP contribution in [0.5, 0.6) is 0 Å². The van der Waals surface area contributed by atoms with Crippen LogP contribution in [0.15, 0.2) is 0 Å². The van der Waals surface area contributed by atoms with E-state index in [0.29, 0.717) is 11.7 Å². The molecule has 0 radical (unpaired) electrons. The average Bonchev–Trinajstić information content (AvgIpc) is 3.06. The van der Waals surface area contributed by atoms with Crippen molar-refractivity contribution >= 4 is 45.3 Å². The highest BCUT2D eigenvalue weighted by Crippen LogP contribution is 2.39.